The largest absolute Gasteiger partial charge is 0.488 e. The van der Waals surface area contributed by atoms with Crippen molar-refractivity contribution < 1.29 is 19.1 Å². The van der Waals surface area contributed by atoms with Crippen LogP contribution in [0.15, 0.2) is 84.4 Å². The van der Waals surface area contributed by atoms with Gasteiger partial charge in [0.25, 0.3) is 11.8 Å². The van der Waals surface area contributed by atoms with Crippen molar-refractivity contribution in [2.75, 3.05) is 4.90 Å². The monoisotopic (exact) mass is 550 g/mol. The minimum absolute atomic E-state index is 0.165. The molecule has 1 aliphatic heterocycles. The highest BCUT2D eigenvalue weighted by Crippen LogP contribution is 2.33. The summed E-state index contributed by atoms with van der Waals surface area (Å²) in [5.41, 5.74) is 1.31. The first kappa shape index (κ1) is 24.8. The summed E-state index contributed by atoms with van der Waals surface area (Å²) in [6.45, 7) is 0.165. The third kappa shape index (κ3) is 5.04. The van der Waals surface area contributed by atoms with Crippen LogP contribution in [-0.4, -0.2) is 17.8 Å². The zero-order valence-corrected chi connectivity index (χ0v) is 21.3. The topological polar surface area (TPSA) is 75.7 Å². The van der Waals surface area contributed by atoms with Gasteiger partial charge in [-0.15, -0.1) is 0 Å². The molecule has 0 radical (unpaired) electrons. The van der Waals surface area contributed by atoms with Crippen molar-refractivity contribution in [2.24, 2.45) is 0 Å². The average molecular weight is 552 g/mol. The van der Waals surface area contributed by atoms with Gasteiger partial charge in [0.2, 0.25) is 0 Å². The Balaban J connectivity index is 1.58. The number of hydrogen-bond acceptors (Lipinski definition) is 4. The van der Waals surface area contributed by atoms with E-state index >= 15 is 0 Å². The van der Waals surface area contributed by atoms with Crippen LogP contribution in [0.5, 0.6) is 5.75 Å². The van der Waals surface area contributed by atoms with Crippen LogP contribution in [0.4, 0.5) is 10.5 Å². The van der Waals surface area contributed by atoms with E-state index in [9.17, 15) is 14.4 Å². The maximum Gasteiger partial charge on any atom is 0.335 e. The van der Waals surface area contributed by atoms with Crippen LogP contribution in [0.1, 0.15) is 11.1 Å². The van der Waals surface area contributed by atoms with E-state index in [1.54, 1.807) is 42.5 Å². The summed E-state index contributed by atoms with van der Waals surface area (Å²) in [4.78, 5) is 39.7. The molecular formula is C28H17Cl3N2O4. The predicted octanol–water partition coefficient (Wildman–Crippen LogP) is 7.05. The van der Waals surface area contributed by atoms with Gasteiger partial charge in [-0.1, -0.05) is 77.3 Å². The van der Waals surface area contributed by atoms with Crippen molar-refractivity contribution in [1.82, 2.24) is 5.32 Å². The number of hydrogen-bond donors (Lipinski definition) is 1. The fourth-order valence-corrected chi connectivity index (χ4v) is 4.50. The molecule has 1 saturated heterocycles. The van der Waals surface area contributed by atoms with Gasteiger partial charge in [0.15, 0.2) is 0 Å². The lowest BCUT2D eigenvalue weighted by Crippen LogP contribution is -2.54. The Morgan fingerprint density at radius 3 is 2.43 bits per heavy atom. The van der Waals surface area contributed by atoms with Crippen molar-refractivity contribution in [3.63, 3.8) is 0 Å². The van der Waals surface area contributed by atoms with Gasteiger partial charge in [-0.05, 0) is 58.8 Å². The fourth-order valence-electron chi connectivity index (χ4n) is 3.99. The Morgan fingerprint density at radius 2 is 1.65 bits per heavy atom. The SMILES string of the molecule is O=C1NC(=O)N(c2cccc(Cl)c2)C(=O)/C1=C/c1c(OCc2ccc(Cl)c(Cl)c2)ccc2ccccc12. The van der Waals surface area contributed by atoms with Crippen molar-refractivity contribution in [3.05, 3.63) is 111 Å². The number of urea groups is 1. The molecule has 1 N–H and O–H groups in total. The number of benzene rings is 4. The minimum Gasteiger partial charge on any atom is -0.488 e. The molecule has 1 aliphatic rings. The Kier molecular flexibility index (Phi) is 6.89. The molecule has 9 heteroatoms. The quantitative estimate of drug-likeness (QED) is 0.213. The number of halogens is 3. The Hall–Kier alpha value is -3.84. The molecule has 4 aromatic rings. The zero-order valence-electron chi connectivity index (χ0n) is 19.0. The van der Waals surface area contributed by atoms with E-state index in [1.165, 1.54) is 12.1 Å². The summed E-state index contributed by atoms with van der Waals surface area (Å²) in [6.07, 6.45) is 1.44. The maximum atomic E-state index is 13.4. The molecule has 37 heavy (non-hydrogen) atoms. The molecule has 0 bridgehead atoms. The van der Waals surface area contributed by atoms with Gasteiger partial charge in [-0.2, -0.15) is 0 Å². The van der Waals surface area contributed by atoms with E-state index in [1.807, 2.05) is 30.3 Å². The van der Waals surface area contributed by atoms with Crippen molar-refractivity contribution in [1.29, 1.82) is 0 Å². The Morgan fingerprint density at radius 1 is 0.838 bits per heavy atom. The Bertz CT molecular complexity index is 1620. The summed E-state index contributed by atoms with van der Waals surface area (Å²) in [5, 5.41) is 5.04. The van der Waals surface area contributed by atoms with E-state index in [4.69, 9.17) is 39.5 Å². The second-order valence-electron chi connectivity index (χ2n) is 8.17. The lowest BCUT2D eigenvalue weighted by Gasteiger charge is -2.26. The van der Waals surface area contributed by atoms with Crippen LogP contribution < -0.4 is 15.0 Å². The number of anilines is 1. The molecule has 0 spiro atoms. The van der Waals surface area contributed by atoms with Gasteiger partial charge < -0.3 is 4.74 Å². The normalized spacial score (nSPS) is 14.8. The number of imide groups is 2. The number of carbonyl (C=O) groups is 3. The molecule has 0 aromatic heterocycles. The van der Waals surface area contributed by atoms with Crippen LogP contribution in [0.25, 0.3) is 16.8 Å². The Labute approximate surface area is 227 Å². The van der Waals surface area contributed by atoms with Gasteiger partial charge in [0.1, 0.15) is 17.9 Å². The number of carbonyl (C=O) groups excluding carboxylic acids is 3. The van der Waals surface area contributed by atoms with Gasteiger partial charge in [0, 0.05) is 10.6 Å². The maximum absolute atomic E-state index is 13.4. The van der Waals surface area contributed by atoms with Gasteiger partial charge in [-0.3, -0.25) is 14.9 Å². The van der Waals surface area contributed by atoms with Crippen LogP contribution in [-0.2, 0) is 16.2 Å². The molecule has 4 aromatic carbocycles. The minimum atomic E-state index is -0.858. The van der Waals surface area contributed by atoms with Crippen LogP contribution in [0, 0.1) is 0 Å². The standard InChI is InChI=1S/C28H17Cl3N2O4/c29-18-5-3-6-19(13-18)33-27(35)22(26(34)32-28(33)36)14-21-20-7-2-1-4-17(20)9-11-25(21)37-15-16-8-10-23(30)24(31)12-16/h1-14H,15H2,(H,32,34,36)/b22-14+. The van der Waals surface area contributed by atoms with E-state index in [2.05, 4.69) is 5.32 Å². The molecule has 6 nitrogen and oxygen atoms in total. The molecule has 1 heterocycles. The van der Waals surface area contributed by atoms with Gasteiger partial charge in [-0.25, -0.2) is 9.69 Å². The number of barbiturate groups is 1. The first-order valence-electron chi connectivity index (χ1n) is 11.1. The predicted molar refractivity (Wildman–Crippen MR) is 145 cm³/mol. The summed E-state index contributed by atoms with van der Waals surface area (Å²) >= 11 is 18.2. The highest BCUT2D eigenvalue weighted by atomic mass is 35.5. The second kappa shape index (κ2) is 10.3. The van der Waals surface area contributed by atoms with Gasteiger partial charge in [0.05, 0.1) is 15.7 Å². The number of rotatable bonds is 5. The fraction of sp³-hybridized carbons (Fsp3) is 0.0357. The molecule has 0 saturated carbocycles. The summed E-state index contributed by atoms with van der Waals surface area (Å²) in [5.74, 6) is -1.15. The number of nitrogens with one attached hydrogen (secondary N) is 1. The van der Waals surface area contributed by atoms with Crippen LogP contribution in [0.3, 0.4) is 0 Å². The molecule has 0 atom stereocenters. The lowest BCUT2D eigenvalue weighted by molar-refractivity contribution is -0.122. The van der Waals surface area contributed by atoms with Crippen LogP contribution >= 0.6 is 34.8 Å². The van der Waals surface area contributed by atoms with Crippen LogP contribution in [0.2, 0.25) is 15.1 Å². The third-order valence-corrected chi connectivity index (χ3v) is 6.74. The van der Waals surface area contributed by atoms with E-state index < -0.39 is 17.8 Å². The van der Waals surface area contributed by atoms with Crippen molar-refractivity contribution >= 4 is 75.2 Å². The van der Waals surface area contributed by atoms with E-state index in [-0.39, 0.29) is 17.9 Å². The summed E-state index contributed by atoms with van der Waals surface area (Å²) in [6, 6.07) is 21.7. The first-order valence-corrected chi connectivity index (χ1v) is 12.2. The van der Waals surface area contributed by atoms with E-state index in [0.29, 0.717) is 26.4 Å². The molecule has 5 rings (SSSR count). The van der Waals surface area contributed by atoms with Crippen molar-refractivity contribution in [2.45, 2.75) is 6.61 Å². The number of amides is 4. The molecule has 0 aliphatic carbocycles. The highest BCUT2D eigenvalue weighted by molar-refractivity contribution is 6.42. The number of fused-ring (bicyclic) bond motifs is 1. The van der Waals surface area contributed by atoms with E-state index in [0.717, 1.165) is 21.2 Å². The number of nitrogens with zero attached hydrogens (tertiary/aromatic N) is 1. The zero-order chi connectivity index (χ0) is 26.1. The third-order valence-electron chi connectivity index (χ3n) is 5.77. The molecule has 184 valence electrons. The smallest absolute Gasteiger partial charge is 0.335 e. The molecular weight excluding hydrogens is 535 g/mol. The first-order chi connectivity index (χ1) is 17.8. The molecule has 4 amide bonds. The molecule has 0 unspecified atom stereocenters. The second-order valence-corrected chi connectivity index (χ2v) is 9.42. The van der Waals surface area contributed by atoms with Crippen molar-refractivity contribution in [3.8, 4) is 5.75 Å². The van der Waals surface area contributed by atoms with Gasteiger partial charge >= 0.3 is 6.03 Å². The average Bonchev–Trinajstić information content (AvgIpc) is 2.87. The highest BCUT2D eigenvalue weighted by Gasteiger charge is 2.37. The number of ether oxygens (including phenoxy) is 1. The molecule has 1 fully saturated rings. The summed E-state index contributed by atoms with van der Waals surface area (Å²) < 4.78 is 6.10. The lowest BCUT2D eigenvalue weighted by atomic mass is 9.99. The summed E-state index contributed by atoms with van der Waals surface area (Å²) in [7, 11) is 0.